The van der Waals surface area contributed by atoms with Gasteiger partial charge in [-0.1, -0.05) is 30.7 Å². The summed E-state index contributed by atoms with van der Waals surface area (Å²) in [5.41, 5.74) is 8.98. The fourth-order valence-corrected chi connectivity index (χ4v) is 6.01. The zero-order valence-corrected chi connectivity index (χ0v) is 15.6. The number of benzene rings is 1. The Morgan fingerprint density at radius 1 is 1.22 bits per heavy atom. The van der Waals surface area contributed by atoms with Gasteiger partial charge in [-0.05, 0) is 55.9 Å². The van der Waals surface area contributed by atoms with Crippen LogP contribution in [0, 0.1) is 10.8 Å². The van der Waals surface area contributed by atoms with Crippen molar-refractivity contribution in [3.8, 4) is 11.3 Å². The van der Waals surface area contributed by atoms with Gasteiger partial charge in [0.2, 0.25) is 5.91 Å². The molecule has 2 aromatic rings. The van der Waals surface area contributed by atoms with Crippen molar-refractivity contribution in [3.05, 3.63) is 42.4 Å². The number of fused-ring (bicyclic) bond motifs is 7. The molecule has 0 radical (unpaired) electrons. The first kappa shape index (κ1) is 17.0. The van der Waals surface area contributed by atoms with Crippen molar-refractivity contribution in [2.24, 2.45) is 16.6 Å². The molecule has 2 atom stereocenters. The third-order valence-corrected chi connectivity index (χ3v) is 7.81. The molecule has 3 fully saturated rings. The molecule has 2 heterocycles. The molecule has 3 aliphatic carbocycles. The van der Waals surface area contributed by atoms with Crippen LogP contribution in [0.15, 0.2) is 36.8 Å². The maximum atomic E-state index is 12.0. The molecule has 1 aromatic heterocycles. The van der Waals surface area contributed by atoms with Gasteiger partial charge in [0.05, 0.1) is 30.4 Å². The highest BCUT2D eigenvalue weighted by atomic mass is 16.3. The number of aliphatic hydroxyl groups is 1. The third-order valence-electron chi connectivity index (χ3n) is 7.81. The highest BCUT2D eigenvalue weighted by Gasteiger charge is 2.51. The van der Waals surface area contributed by atoms with Crippen LogP contribution in [0.1, 0.15) is 63.0 Å². The Balaban J connectivity index is 1.42. The van der Waals surface area contributed by atoms with Gasteiger partial charge in [0.1, 0.15) is 0 Å². The molecule has 3 saturated carbocycles. The zero-order valence-electron chi connectivity index (χ0n) is 15.6. The Morgan fingerprint density at radius 2 is 2.00 bits per heavy atom. The predicted molar refractivity (Wildman–Crippen MR) is 103 cm³/mol. The van der Waals surface area contributed by atoms with E-state index in [0.717, 1.165) is 50.6 Å². The zero-order chi connectivity index (χ0) is 18.6. The minimum atomic E-state index is -0.382. The summed E-state index contributed by atoms with van der Waals surface area (Å²) >= 11 is 0. The molecule has 5 heteroatoms. The molecule has 6 rings (SSSR count). The van der Waals surface area contributed by atoms with Crippen LogP contribution in [0.2, 0.25) is 0 Å². The molecule has 1 aromatic carbocycles. The minimum Gasteiger partial charge on any atom is -0.392 e. The number of carbonyl (C=O) groups is 1. The molecule has 27 heavy (non-hydrogen) atoms. The van der Waals surface area contributed by atoms with Crippen LogP contribution in [0.3, 0.4) is 0 Å². The van der Waals surface area contributed by atoms with E-state index in [1.165, 1.54) is 11.1 Å². The van der Waals surface area contributed by atoms with E-state index in [2.05, 4.69) is 33.8 Å². The van der Waals surface area contributed by atoms with E-state index >= 15 is 0 Å². The summed E-state index contributed by atoms with van der Waals surface area (Å²) in [5.74, 6) is -0.139. The molecule has 142 valence electrons. The van der Waals surface area contributed by atoms with Crippen molar-refractivity contribution in [3.63, 3.8) is 0 Å². The molecule has 2 bridgehead atoms. The normalized spacial score (nSPS) is 32.6. The number of primary amides is 1. The number of nitrogens with two attached hydrogens (primary N) is 1. The van der Waals surface area contributed by atoms with Crippen LogP contribution in [0.4, 0.5) is 0 Å². The van der Waals surface area contributed by atoms with Gasteiger partial charge < -0.3 is 15.4 Å². The Bertz CT molecular complexity index is 879. The summed E-state index contributed by atoms with van der Waals surface area (Å²) in [6.07, 6.45) is 10.4. The summed E-state index contributed by atoms with van der Waals surface area (Å²) in [4.78, 5) is 16.4. The fourth-order valence-electron chi connectivity index (χ4n) is 6.01. The molecule has 5 nitrogen and oxygen atoms in total. The lowest BCUT2D eigenvalue weighted by Gasteiger charge is -2.44. The minimum absolute atomic E-state index is 0.0757. The first-order valence-corrected chi connectivity index (χ1v) is 10.1. The number of amides is 1. The van der Waals surface area contributed by atoms with Gasteiger partial charge in [0, 0.05) is 11.0 Å². The summed E-state index contributed by atoms with van der Waals surface area (Å²) in [5, 5.41) is 11.4. The van der Waals surface area contributed by atoms with Gasteiger partial charge in [0.25, 0.3) is 0 Å². The summed E-state index contributed by atoms with van der Waals surface area (Å²) in [6.45, 7) is 0. The number of carbonyl (C=O) groups excluding carboxylic acids is 1. The Kier molecular flexibility index (Phi) is 3.73. The van der Waals surface area contributed by atoms with Gasteiger partial charge in [-0.25, -0.2) is 4.98 Å². The van der Waals surface area contributed by atoms with Crippen molar-refractivity contribution in [2.45, 2.75) is 63.5 Å². The van der Waals surface area contributed by atoms with Crippen molar-refractivity contribution in [1.29, 1.82) is 0 Å². The molecule has 2 unspecified atom stereocenters. The Hall–Kier alpha value is -2.14. The highest BCUT2D eigenvalue weighted by molar-refractivity contribution is 5.81. The lowest BCUT2D eigenvalue weighted by molar-refractivity contribution is -0.132. The van der Waals surface area contributed by atoms with Crippen molar-refractivity contribution >= 4 is 5.91 Å². The fraction of sp³-hybridized carbons (Fsp3) is 0.545. The van der Waals surface area contributed by atoms with Crippen LogP contribution in [-0.4, -0.2) is 26.7 Å². The second-order valence-electron chi connectivity index (χ2n) is 8.90. The summed E-state index contributed by atoms with van der Waals surface area (Å²) < 4.78 is 2.21. The van der Waals surface area contributed by atoms with Gasteiger partial charge in [-0.2, -0.15) is 0 Å². The topological polar surface area (TPSA) is 81.1 Å². The number of aliphatic hydroxyl groups excluding tert-OH is 1. The highest BCUT2D eigenvalue weighted by Crippen LogP contribution is 2.57. The largest absolute Gasteiger partial charge is 0.392 e. The van der Waals surface area contributed by atoms with E-state index in [0.29, 0.717) is 6.42 Å². The van der Waals surface area contributed by atoms with Crippen LogP contribution >= 0.6 is 0 Å². The smallest absolute Gasteiger partial charge is 0.223 e. The van der Waals surface area contributed by atoms with E-state index < -0.39 is 0 Å². The van der Waals surface area contributed by atoms with Gasteiger partial charge in [-0.15, -0.1) is 0 Å². The molecule has 0 spiro atoms. The maximum Gasteiger partial charge on any atom is 0.223 e. The lowest BCUT2D eigenvalue weighted by atomic mass is 9.62. The summed E-state index contributed by atoms with van der Waals surface area (Å²) in [7, 11) is 0. The van der Waals surface area contributed by atoms with Gasteiger partial charge in [-0.3, -0.25) is 4.79 Å². The van der Waals surface area contributed by atoms with Crippen molar-refractivity contribution < 1.29 is 9.90 Å². The number of imidazole rings is 1. The van der Waals surface area contributed by atoms with Gasteiger partial charge in [0.15, 0.2) is 0 Å². The molecule has 1 aliphatic heterocycles. The van der Waals surface area contributed by atoms with E-state index in [-0.39, 0.29) is 28.9 Å². The molecule has 1 amide bonds. The Labute approximate surface area is 159 Å². The van der Waals surface area contributed by atoms with E-state index in [1.807, 2.05) is 12.5 Å². The maximum absolute atomic E-state index is 12.0. The second-order valence-corrected chi connectivity index (χ2v) is 8.90. The van der Waals surface area contributed by atoms with E-state index in [1.54, 1.807) is 0 Å². The molecule has 4 aliphatic rings. The number of aromatic nitrogens is 2. The number of hydrogen-bond acceptors (Lipinski definition) is 3. The third kappa shape index (κ3) is 2.40. The number of nitrogens with zero attached hydrogens (tertiary/aromatic N) is 2. The standard InChI is InChI=1S/C22H27N3O2/c23-20(27)22-7-3-6-21(8-10-22,9-11-22)19(26)12-17-15-4-1-2-5-16(15)18-13-24-14-25(17)18/h1-2,4-5,13-14,17,19,26H,3,6-12H2,(H2,23,27). The number of hydrogen-bond donors (Lipinski definition) is 2. The molecular weight excluding hydrogens is 338 g/mol. The monoisotopic (exact) mass is 365 g/mol. The van der Waals surface area contributed by atoms with Crippen molar-refractivity contribution in [1.82, 2.24) is 9.55 Å². The number of rotatable bonds is 4. The first-order chi connectivity index (χ1) is 13.0. The SMILES string of the molecule is NC(=O)C12CCCC(C(O)CC3c4ccccc4-c4cncn43)(CC1)CC2. The van der Waals surface area contributed by atoms with Gasteiger partial charge >= 0.3 is 0 Å². The van der Waals surface area contributed by atoms with E-state index in [4.69, 9.17) is 5.73 Å². The van der Waals surface area contributed by atoms with Crippen LogP contribution in [0.5, 0.6) is 0 Å². The van der Waals surface area contributed by atoms with Crippen molar-refractivity contribution in [2.75, 3.05) is 0 Å². The molecule has 0 saturated heterocycles. The average Bonchev–Trinajstić information content (AvgIpc) is 3.12. The average molecular weight is 365 g/mol. The molecular formula is C22H27N3O2. The Morgan fingerprint density at radius 3 is 2.78 bits per heavy atom. The summed E-state index contributed by atoms with van der Waals surface area (Å²) in [6, 6.07) is 8.58. The first-order valence-electron chi connectivity index (χ1n) is 10.1. The van der Waals surface area contributed by atoms with Crippen LogP contribution < -0.4 is 5.73 Å². The predicted octanol–water partition coefficient (Wildman–Crippen LogP) is 3.42. The molecule has 3 N–H and O–H groups in total. The van der Waals surface area contributed by atoms with E-state index in [9.17, 15) is 9.90 Å². The second kappa shape index (κ2) is 5.93. The van der Waals surface area contributed by atoms with Crippen LogP contribution in [0.25, 0.3) is 11.3 Å². The van der Waals surface area contributed by atoms with Crippen LogP contribution in [-0.2, 0) is 4.79 Å². The lowest BCUT2D eigenvalue weighted by Crippen LogP contribution is -2.44. The quantitative estimate of drug-likeness (QED) is 0.871.